The molecule has 1 aliphatic rings. The summed E-state index contributed by atoms with van der Waals surface area (Å²) in [6.45, 7) is 4.66. The van der Waals surface area contributed by atoms with Gasteiger partial charge in [-0.15, -0.1) is 11.3 Å². The van der Waals surface area contributed by atoms with E-state index in [1.54, 1.807) is 11.3 Å². The highest BCUT2D eigenvalue weighted by molar-refractivity contribution is 9.10. The number of carbonyl (C=O) groups excluding carboxylic acids is 1. The van der Waals surface area contributed by atoms with Crippen molar-refractivity contribution in [1.29, 1.82) is 0 Å². The average molecular weight is 515 g/mol. The number of nitrogens with zero attached hydrogens (tertiary/aromatic N) is 1. The minimum absolute atomic E-state index is 0.0178. The molecule has 0 amide bonds. The van der Waals surface area contributed by atoms with Gasteiger partial charge in [0.15, 0.2) is 5.13 Å². The van der Waals surface area contributed by atoms with Gasteiger partial charge in [0.2, 0.25) is 0 Å². The molecule has 1 fully saturated rings. The fraction of sp³-hybridized carbons (Fsp3) is 0.360. The van der Waals surface area contributed by atoms with Crippen LogP contribution >= 0.6 is 27.3 Å². The second-order valence-electron chi connectivity index (χ2n) is 8.27. The van der Waals surface area contributed by atoms with E-state index in [1.165, 1.54) is 12.7 Å². The Morgan fingerprint density at radius 2 is 2.06 bits per heavy atom. The van der Waals surface area contributed by atoms with Crippen LogP contribution in [0.5, 0.6) is 5.75 Å². The fourth-order valence-electron chi connectivity index (χ4n) is 4.08. The number of esters is 1. The van der Waals surface area contributed by atoms with Gasteiger partial charge in [-0.25, -0.2) is 4.98 Å². The van der Waals surface area contributed by atoms with Crippen LogP contribution in [-0.2, 0) is 16.1 Å². The Labute approximate surface area is 201 Å². The van der Waals surface area contributed by atoms with Gasteiger partial charge in [-0.2, -0.15) is 0 Å². The zero-order valence-corrected chi connectivity index (χ0v) is 20.9. The van der Waals surface area contributed by atoms with E-state index in [4.69, 9.17) is 14.5 Å². The third-order valence-electron chi connectivity index (χ3n) is 5.90. The minimum Gasteiger partial charge on any atom is -0.488 e. The van der Waals surface area contributed by atoms with Crippen molar-refractivity contribution in [2.75, 3.05) is 12.4 Å². The van der Waals surface area contributed by atoms with Gasteiger partial charge in [0.25, 0.3) is 0 Å². The predicted molar refractivity (Wildman–Crippen MR) is 132 cm³/mol. The minimum atomic E-state index is -0.114. The molecule has 1 saturated carbocycles. The first kappa shape index (κ1) is 22.8. The van der Waals surface area contributed by atoms with E-state index < -0.39 is 0 Å². The van der Waals surface area contributed by atoms with E-state index in [0.29, 0.717) is 6.61 Å². The number of halogens is 1. The van der Waals surface area contributed by atoms with Crippen molar-refractivity contribution in [2.24, 2.45) is 5.92 Å². The van der Waals surface area contributed by atoms with Crippen molar-refractivity contribution < 1.29 is 14.3 Å². The van der Waals surface area contributed by atoms with Crippen LogP contribution in [0.25, 0.3) is 11.3 Å². The molecule has 1 aromatic heterocycles. The zero-order chi connectivity index (χ0) is 22.7. The lowest BCUT2D eigenvalue weighted by Crippen LogP contribution is -2.18. The molecule has 1 heterocycles. The Kier molecular flexibility index (Phi) is 7.16. The van der Waals surface area contributed by atoms with E-state index in [0.717, 1.165) is 57.0 Å². The molecule has 4 rings (SSSR count). The molecule has 1 aliphatic carbocycles. The van der Waals surface area contributed by atoms with Crippen LogP contribution in [0.15, 0.2) is 46.3 Å². The Balaban J connectivity index is 1.47. The van der Waals surface area contributed by atoms with E-state index in [9.17, 15) is 4.79 Å². The number of thiazole rings is 1. The SMILES string of the molecule is COC(=O)[C@@H]1CC[C@H](Nc2nc(-c3cc(C)ccc3OCc3ccc(Br)cc3C)cs2)C1. The Bertz CT molecular complexity index is 1110. The van der Waals surface area contributed by atoms with Gasteiger partial charge < -0.3 is 14.8 Å². The summed E-state index contributed by atoms with van der Waals surface area (Å²) < 4.78 is 12.2. The second kappa shape index (κ2) is 10.0. The lowest BCUT2D eigenvalue weighted by molar-refractivity contribution is -0.145. The summed E-state index contributed by atoms with van der Waals surface area (Å²) in [5.41, 5.74) is 5.39. The van der Waals surface area contributed by atoms with E-state index >= 15 is 0 Å². The van der Waals surface area contributed by atoms with Crippen molar-refractivity contribution >= 4 is 38.4 Å². The molecule has 2 aromatic carbocycles. The molecule has 3 aromatic rings. The van der Waals surface area contributed by atoms with Crippen molar-refractivity contribution in [3.05, 3.63) is 62.9 Å². The summed E-state index contributed by atoms with van der Waals surface area (Å²) in [6, 6.07) is 12.7. The van der Waals surface area contributed by atoms with Crippen molar-refractivity contribution in [1.82, 2.24) is 4.98 Å². The molecule has 7 heteroatoms. The molecular weight excluding hydrogens is 488 g/mol. The number of aryl methyl sites for hydroxylation is 2. The lowest BCUT2D eigenvalue weighted by atomic mass is 10.1. The predicted octanol–water partition coefficient (Wildman–Crippen LogP) is 6.52. The van der Waals surface area contributed by atoms with E-state index in [1.807, 2.05) is 12.1 Å². The fourth-order valence-corrected chi connectivity index (χ4v) is 5.34. The number of hydrogen-bond donors (Lipinski definition) is 1. The molecule has 0 unspecified atom stereocenters. The average Bonchev–Trinajstić information content (AvgIpc) is 3.43. The normalized spacial score (nSPS) is 17.9. The van der Waals surface area contributed by atoms with E-state index in [-0.39, 0.29) is 17.9 Å². The number of benzene rings is 2. The van der Waals surface area contributed by atoms with Crippen molar-refractivity contribution in [2.45, 2.75) is 45.8 Å². The Hall–Kier alpha value is -2.38. The van der Waals surface area contributed by atoms with Crippen LogP contribution in [-0.4, -0.2) is 24.1 Å². The first-order chi connectivity index (χ1) is 15.4. The summed E-state index contributed by atoms with van der Waals surface area (Å²) >= 11 is 5.09. The third kappa shape index (κ3) is 5.33. The highest BCUT2D eigenvalue weighted by atomic mass is 79.9. The second-order valence-corrected chi connectivity index (χ2v) is 10.0. The van der Waals surface area contributed by atoms with Gasteiger partial charge in [-0.3, -0.25) is 4.79 Å². The maximum Gasteiger partial charge on any atom is 0.308 e. The number of methoxy groups -OCH3 is 1. The third-order valence-corrected chi connectivity index (χ3v) is 7.16. The molecular formula is C25H27BrN2O3S. The molecule has 0 bridgehead atoms. The van der Waals surface area contributed by atoms with Gasteiger partial charge in [-0.1, -0.05) is 33.6 Å². The highest BCUT2D eigenvalue weighted by Gasteiger charge is 2.31. The topological polar surface area (TPSA) is 60.5 Å². The number of aromatic nitrogens is 1. The largest absolute Gasteiger partial charge is 0.488 e. The smallest absolute Gasteiger partial charge is 0.308 e. The summed E-state index contributed by atoms with van der Waals surface area (Å²) in [5.74, 6) is 0.689. The van der Waals surface area contributed by atoms with Gasteiger partial charge >= 0.3 is 5.97 Å². The summed E-state index contributed by atoms with van der Waals surface area (Å²) in [5, 5.41) is 6.42. The van der Waals surface area contributed by atoms with Gasteiger partial charge in [0.05, 0.1) is 18.7 Å². The number of ether oxygens (including phenoxy) is 2. The van der Waals surface area contributed by atoms with Gasteiger partial charge in [-0.05, 0) is 68.5 Å². The maximum atomic E-state index is 11.8. The number of carbonyl (C=O) groups is 1. The van der Waals surface area contributed by atoms with Crippen LogP contribution in [0.1, 0.15) is 36.0 Å². The summed E-state index contributed by atoms with van der Waals surface area (Å²) in [7, 11) is 1.45. The Morgan fingerprint density at radius 1 is 1.22 bits per heavy atom. The standard InChI is InChI=1S/C25H27BrN2O3S/c1-15-4-9-23(31-13-18-5-7-19(26)11-16(18)2)21(10-15)22-14-32-25(28-22)27-20-8-6-17(12-20)24(29)30-3/h4-5,7,9-11,14,17,20H,6,8,12-13H2,1-3H3,(H,27,28)/t17-,20+/m1/s1. The van der Waals surface area contributed by atoms with Crippen LogP contribution in [0.4, 0.5) is 5.13 Å². The highest BCUT2D eigenvalue weighted by Crippen LogP contribution is 2.35. The molecule has 2 atom stereocenters. The Morgan fingerprint density at radius 3 is 2.84 bits per heavy atom. The monoisotopic (exact) mass is 514 g/mol. The van der Waals surface area contributed by atoms with E-state index in [2.05, 4.69) is 64.7 Å². The molecule has 5 nitrogen and oxygen atoms in total. The zero-order valence-electron chi connectivity index (χ0n) is 18.5. The summed E-state index contributed by atoms with van der Waals surface area (Å²) in [4.78, 5) is 16.6. The molecule has 0 spiro atoms. The quantitative estimate of drug-likeness (QED) is 0.363. The molecule has 0 aliphatic heterocycles. The van der Waals surface area contributed by atoms with Crippen LogP contribution in [0.3, 0.4) is 0 Å². The number of anilines is 1. The molecule has 32 heavy (non-hydrogen) atoms. The van der Waals surface area contributed by atoms with Crippen molar-refractivity contribution in [3.8, 4) is 17.0 Å². The number of hydrogen-bond acceptors (Lipinski definition) is 6. The number of nitrogens with one attached hydrogen (secondary N) is 1. The molecule has 1 N–H and O–H groups in total. The molecule has 0 saturated heterocycles. The maximum absolute atomic E-state index is 11.8. The van der Waals surface area contributed by atoms with Gasteiger partial charge in [0.1, 0.15) is 12.4 Å². The van der Waals surface area contributed by atoms with Crippen LogP contribution in [0.2, 0.25) is 0 Å². The molecule has 168 valence electrons. The van der Waals surface area contributed by atoms with Crippen LogP contribution in [0, 0.1) is 19.8 Å². The number of rotatable bonds is 7. The van der Waals surface area contributed by atoms with Crippen molar-refractivity contribution in [3.63, 3.8) is 0 Å². The van der Waals surface area contributed by atoms with Gasteiger partial charge in [0, 0.05) is 21.5 Å². The molecule has 0 radical (unpaired) electrons. The summed E-state index contributed by atoms with van der Waals surface area (Å²) in [6.07, 6.45) is 2.58. The van der Waals surface area contributed by atoms with Crippen LogP contribution < -0.4 is 10.1 Å². The lowest BCUT2D eigenvalue weighted by Gasteiger charge is -2.13. The first-order valence-corrected chi connectivity index (χ1v) is 12.4. The first-order valence-electron chi connectivity index (χ1n) is 10.7.